The maximum absolute atomic E-state index is 5.52. The molecule has 0 aromatic heterocycles. The number of piperidine rings is 1. The second kappa shape index (κ2) is 11.3. The standard InChI is InChI=1S/C22H33BrN4O.HI/c1-2-24-22(26-21-13-20(21)17-3-5-18(23)6-4-17)25-19-7-10-27(11-8-19)14-16-9-12-28-15-16;/h3-6,16,19-21H,2,7-15H2,1H3,(H2,24,25,26);1H. The summed E-state index contributed by atoms with van der Waals surface area (Å²) in [5.74, 6) is 2.34. The lowest BCUT2D eigenvalue weighted by Crippen LogP contribution is -2.50. The number of hydrogen-bond acceptors (Lipinski definition) is 3. The smallest absolute Gasteiger partial charge is 0.191 e. The highest BCUT2D eigenvalue weighted by Gasteiger charge is 2.39. The van der Waals surface area contributed by atoms with E-state index in [0.29, 0.717) is 18.0 Å². The van der Waals surface area contributed by atoms with Crippen LogP contribution in [0.4, 0.5) is 0 Å². The third-order valence-corrected chi connectivity index (χ3v) is 6.72. The summed E-state index contributed by atoms with van der Waals surface area (Å²) in [6.07, 6.45) is 4.81. The van der Waals surface area contributed by atoms with Crippen molar-refractivity contribution in [3.05, 3.63) is 34.3 Å². The van der Waals surface area contributed by atoms with E-state index in [0.717, 1.165) is 36.1 Å². The minimum absolute atomic E-state index is 0. The molecule has 2 heterocycles. The van der Waals surface area contributed by atoms with E-state index in [2.05, 4.69) is 62.7 Å². The summed E-state index contributed by atoms with van der Waals surface area (Å²) >= 11 is 3.52. The zero-order valence-corrected chi connectivity index (χ0v) is 21.2. The van der Waals surface area contributed by atoms with Crippen LogP contribution < -0.4 is 10.6 Å². The zero-order chi connectivity index (χ0) is 19.3. The summed E-state index contributed by atoms with van der Waals surface area (Å²) in [6, 6.07) is 9.75. The number of benzene rings is 1. The normalized spacial score (nSPS) is 28.1. The number of nitrogens with one attached hydrogen (secondary N) is 2. The summed E-state index contributed by atoms with van der Waals surface area (Å²) in [7, 11) is 0. The van der Waals surface area contributed by atoms with E-state index in [4.69, 9.17) is 9.73 Å². The van der Waals surface area contributed by atoms with Crippen LogP contribution in [-0.4, -0.2) is 62.3 Å². The third kappa shape index (κ3) is 6.80. The van der Waals surface area contributed by atoms with Gasteiger partial charge < -0.3 is 20.3 Å². The number of guanidine groups is 1. The molecular weight excluding hydrogens is 543 g/mol. The van der Waals surface area contributed by atoms with Gasteiger partial charge in [0.2, 0.25) is 0 Å². The van der Waals surface area contributed by atoms with Gasteiger partial charge in [-0.25, -0.2) is 0 Å². The monoisotopic (exact) mass is 576 g/mol. The predicted molar refractivity (Wildman–Crippen MR) is 133 cm³/mol. The largest absolute Gasteiger partial charge is 0.381 e. The summed E-state index contributed by atoms with van der Waals surface area (Å²) in [6.45, 7) is 8.39. The topological polar surface area (TPSA) is 48.9 Å². The number of hydrogen-bond donors (Lipinski definition) is 2. The molecule has 3 fully saturated rings. The van der Waals surface area contributed by atoms with E-state index < -0.39 is 0 Å². The molecule has 2 saturated heterocycles. The summed E-state index contributed by atoms with van der Waals surface area (Å²) in [5.41, 5.74) is 1.42. The summed E-state index contributed by atoms with van der Waals surface area (Å²) in [4.78, 5) is 7.32. The lowest BCUT2D eigenvalue weighted by atomic mass is 10.0. The van der Waals surface area contributed by atoms with Gasteiger partial charge in [-0.1, -0.05) is 28.1 Å². The molecule has 0 radical (unpaired) electrons. The van der Waals surface area contributed by atoms with Crippen molar-refractivity contribution in [1.29, 1.82) is 0 Å². The van der Waals surface area contributed by atoms with E-state index in [-0.39, 0.29) is 24.0 Å². The van der Waals surface area contributed by atoms with Crippen LogP contribution in [0.3, 0.4) is 0 Å². The highest BCUT2D eigenvalue weighted by molar-refractivity contribution is 14.0. The molecular formula is C22H34BrIN4O. The molecule has 3 unspecified atom stereocenters. The molecule has 3 atom stereocenters. The number of aliphatic imine (C=N–C) groups is 1. The van der Waals surface area contributed by atoms with E-state index in [9.17, 15) is 0 Å². The van der Waals surface area contributed by atoms with Crippen LogP contribution >= 0.6 is 39.9 Å². The van der Waals surface area contributed by atoms with Gasteiger partial charge >= 0.3 is 0 Å². The summed E-state index contributed by atoms with van der Waals surface area (Å²) in [5, 5.41) is 7.37. The first-order valence-corrected chi connectivity index (χ1v) is 11.6. The average Bonchev–Trinajstić information content (AvgIpc) is 3.26. The highest BCUT2D eigenvalue weighted by Crippen LogP contribution is 2.41. The number of likely N-dealkylation sites (tertiary alicyclic amines) is 1. The zero-order valence-electron chi connectivity index (χ0n) is 17.3. The third-order valence-electron chi connectivity index (χ3n) is 6.20. The first-order chi connectivity index (χ1) is 13.7. The average molecular weight is 577 g/mol. The van der Waals surface area contributed by atoms with Crippen LogP contribution in [0.1, 0.15) is 44.1 Å². The molecule has 0 bridgehead atoms. The van der Waals surface area contributed by atoms with Crippen molar-refractivity contribution < 1.29 is 4.74 Å². The Morgan fingerprint density at radius 3 is 2.59 bits per heavy atom. The van der Waals surface area contributed by atoms with Gasteiger partial charge in [0.1, 0.15) is 0 Å². The van der Waals surface area contributed by atoms with E-state index in [1.165, 1.54) is 50.9 Å². The second-order valence-corrected chi connectivity index (χ2v) is 9.33. The van der Waals surface area contributed by atoms with Crippen molar-refractivity contribution in [2.75, 3.05) is 39.4 Å². The van der Waals surface area contributed by atoms with Gasteiger partial charge in [-0.2, -0.15) is 0 Å². The van der Waals surface area contributed by atoms with Gasteiger partial charge in [0.15, 0.2) is 5.96 Å². The Kier molecular flexibility index (Phi) is 9.07. The molecule has 5 nitrogen and oxygen atoms in total. The molecule has 0 amide bonds. The Balaban J connectivity index is 0.00000240. The molecule has 1 aromatic carbocycles. The van der Waals surface area contributed by atoms with Gasteiger partial charge in [0, 0.05) is 55.3 Å². The molecule has 29 heavy (non-hydrogen) atoms. The Morgan fingerprint density at radius 1 is 1.17 bits per heavy atom. The molecule has 162 valence electrons. The van der Waals surface area contributed by atoms with Gasteiger partial charge in [-0.3, -0.25) is 4.99 Å². The van der Waals surface area contributed by atoms with Crippen molar-refractivity contribution in [1.82, 2.24) is 15.5 Å². The Morgan fingerprint density at radius 2 is 1.93 bits per heavy atom. The fraction of sp³-hybridized carbons (Fsp3) is 0.682. The minimum atomic E-state index is 0. The molecule has 4 rings (SSSR count). The van der Waals surface area contributed by atoms with Gasteiger partial charge in [0.25, 0.3) is 0 Å². The molecule has 3 aliphatic rings. The van der Waals surface area contributed by atoms with Crippen LogP contribution in [0.5, 0.6) is 0 Å². The second-order valence-electron chi connectivity index (χ2n) is 8.42. The lowest BCUT2D eigenvalue weighted by molar-refractivity contribution is 0.150. The Labute approximate surface area is 200 Å². The van der Waals surface area contributed by atoms with Crippen LogP contribution in [-0.2, 0) is 4.74 Å². The van der Waals surface area contributed by atoms with E-state index >= 15 is 0 Å². The van der Waals surface area contributed by atoms with Crippen molar-refractivity contribution >= 4 is 45.9 Å². The molecule has 1 aliphatic carbocycles. The van der Waals surface area contributed by atoms with Crippen LogP contribution in [0, 0.1) is 5.92 Å². The van der Waals surface area contributed by atoms with Crippen LogP contribution in [0.2, 0.25) is 0 Å². The molecule has 2 aliphatic heterocycles. The maximum atomic E-state index is 5.52. The Hall–Kier alpha value is -0.380. The molecule has 1 saturated carbocycles. The molecule has 0 spiro atoms. The number of nitrogens with zero attached hydrogens (tertiary/aromatic N) is 2. The first-order valence-electron chi connectivity index (χ1n) is 10.8. The SMILES string of the molecule is CCN=C(NC1CCN(CC2CCOC2)CC1)NC1CC1c1ccc(Br)cc1.I. The highest BCUT2D eigenvalue weighted by atomic mass is 127. The van der Waals surface area contributed by atoms with Crippen molar-refractivity contribution in [3.63, 3.8) is 0 Å². The first kappa shape index (κ1) is 23.3. The van der Waals surface area contributed by atoms with E-state index in [1.54, 1.807) is 0 Å². The van der Waals surface area contributed by atoms with Crippen molar-refractivity contribution in [3.8, 4) is 0 Å². The number of halogens is 2. The fourth-order valence-corrected chi connectivity index (χ4v) is 4.71. The van der Waals surface area contributed by atoms with Crippen molar-refractivity contribution in [2.24, 2.45) is 10.9 Å². The summed E-state index contributed by atoms with van der Waals surface area (Å²) < 4.78 is 6.66. The maximum Gasteiger partial charge on any atom is 0.191 e. The fourth-order valence-electron chi connectivity index (χ4n) is 4.45. The minimum Gasteiger partial charge on any atom is -0.381 e. The molecule has 1 aromatic rings. The van der Waals surface area contributed by atoms with Crippen LogP contribution in [0.25, 0.3) is 0 Å². The molecule has 7 heteroatoms. The van der Waals surface area contributed by atoms with Crippen molar-refractivity contribution in [2.45, 2.75) is 50.6 Å². The van der Waals surface area contributed by atoms with Gasteiger partial charge in [-0.15, -0.1) is 24.0 Å². The van der Waals surface area contributed by atoms with Crippen LogP contribution in [0.15, 0.2) is 33.7 Å². The Bertz CT molecular complexity index is 657. The predicted octanol–water partition coefficient (Wildman–Crippen LogP) is 3.98. The number of rotatable bonds is 6. The molecule has 2 N–H and O–H groups in total. The quantitative estimate of drug-likeness (QED) is 0.306. The lowest BCUT2D eigenvalue weighted by Gasteiger charge is -2.34. The van der Waals surface area contributed by atoms with Gasteiger partial charge in [0.05, 0.1) is 6.61 Å². The van der Waals surface area contributed by atoms with E-state index in [1.807, 2.05) is 0 Å². The number of ether oxygens (including phenoxy) is 1. The van der Waals surface area contributed by atoms with Gasteiger partial charge in [-0.05, 0) is 56.2 Å².